The number of hydrogen-bond acceptors (Lipinski definition) is 2. The molecule has 2 heteroatoms. The van der Waals surface area contributed by atoms with Crippen LogP contribution in [0.25, 0.3) is 5.57 Å². The van der Waals surface area contributed by atoms with Gasteiger partial charge >= 0.3 is 0 Å². The van der Waals surface area contributed by atoms with Crippen LogP contribution in [0.3, 0.4) is 0 Å². The number of rotatable bonds is 1. The molecule has 0 atom stereocenters. The molecule has 2 rings (SSSR count). The van der Waals surface area contributed by atoms with E-state index in [9.17, 15) is 0 Å². The van der Waals surface area contributed by atoms with Gasteiger partial charge < -0.3 is 9.47 Å². The molecule has 0 unspecified atom stereocenters. The second-order valence-corrected chi connectivity index (χ2v) is 6.81. The first kappa shape index (κ1) is 15.0. The lowest BCUT2D eigenvalue weighted by Crippen LogP contribution is -2.09. The summed E-state index contributed by atoms with van der Waals surface area (Å²) in [6.07, 6.45) is 0. The van der Waals surface area contributed by atoms with Crippen molar-refractivity contribution in [3.05, 3.63) is 27.8 Å². The summed E-state index contributed by atoms with van der Waals surface area (Å²) in [6, 6.07) is 0. The molecule has 0 bridgehead atoms. The van der Waals surface area contributed by atoms with Crippen LogP contribution in [0.4, 0.5) is 0 Å². The molecule has 0 fully saturated rings. The van der Waals surface area contributed by atoms with E-state index in [0.717, 1.165) is 11.5 Å². The second kappa shape index (κ2) is 4.83. The number of benzene rings is 1. The molecule has 1 aromatic carbocycles. The Kier molecular flexibility index (Phi) is 3.62. The van der Waals surface area contributed by atoms with Gasteiger partial charge in [0.1, 0.15) is 0 Å². The van der Waals surface area contributed by atoms with Crippen molar-refractivity contribution in [3.63, 3.8) is 0 Å². The lowest BCUT2D eigenvalue weighted by Gasteiger charge is -2.25. The van der Waals surface area contributed by atoms with Gasteiger partial charge in [-0.3, -0.25) is 0 Å². The Balaban J connectivity index is 2.74. The van der Waals surface area contributed by atoms with E-state index in [2.05, 4.69) is 55.4 Å². The van der Waals surface area contributed by atoms with Crippen molar-refractivity contribution < 1.29 is 9.47 Å². The van der Waals surface area contributed by atoms with Crippen LogP contribution in [-0.2, 0) is 0 Å². The maximum atomic E-state index is 5.68. The zero-order chi connectivity index (χ0) is 15.2. The molecular weight excluding hydrogens is 248 g/mol. The predicted molar refractivity (Wildman–Crippen MR) is 84.5 cm³/mol. The van der Waals surface area contributed by atoms with Crippen molar-refractivity contribution in [2.45, 2.75) is 55.4 Å². The fraction of sp³-hybridized carbons (Fsp3) is 0.556. The third kappa shape index (κ3) is 2.21. The number of hydrogen-bond donors (Lipinski definition) is 0. The minimum Gasteiger partial charge on any atom is -0.453 e. The molecular formula is C18H26O2. The molecule has 0 spiro atoms. The summed E-state index contributed by atoms with van der Waals surface area (Å²) >= 11 is 0. The fourth-order valence-electron chi connectivity index (χ4n) is 2.90. The maximum Gasteiger partial charge on any atom is 0.231 e. The van der Waals surface area contributed by atoms with Gasteiger partial charge in [0, 0.05) is 5.56 Å². The molecule has 0 aliphatic carbocycles. The average molecular weight is 274 g/mol. The summed E-state index contributed by atoms with van der Waals surface area (Å²) in [5.74, 6) is 1.84. The van der Waals surface area contributed by atoms with Crippen molar-refractivity contribution in [1.82, 2.24) is 0 Å². The first-order chi connectivity index (χ1) is 9.16. The van der Waals surface area contributed by atoms with E-state index in [1.807, 2.05) is 0 Å². The molecule has 0 N–H and O–H groups in total. The average Bonchev–Trinajstić information content (AvgIpc) is 2.83. The number of fused-ring (bicyclic) bond motifs is 1. The Morgan fingerprint density at radius 2 is 1.35 bits per heavy atom. The van der Waals surface area contributed by atoms with Gasteiger partial charge in [0.25, 0.3) is 0 Å². The van der Waals surface area contributed by atoms with Crippen molar-refractivity contribution >= 4 is 5.57 Å². The minimum atomic E-state index is 0.174. The quantitative estimate of drug-likeness (QED) is 0.702. The maximum absolute atomic E-state index is 5.68. The van der Waals surface area contributed by atoms with Crippen LogP contribution in [0, 0.1) is 26.2 Å². The fourth-order valence-corrected chi connectivity index (χ4v) is 2.90. The molecule has 1 aromatic rings. The summed E-state index contributed by atoms with van der Waals surface area (Å²) in [6.45, 7) is 18.0. The van der Waals surface area contributed by atoms with E-state index >= 15 is 0 Å². The molecule has 110 valence electrons. The molecule has 0 amide bonds. The van der Waals surface area contributed by atoms with Crippen LogP contribution in [0.5, 0.6) is 11.5 Å². The van der Waals surface area contributed by atoms with Gasteiger partial charge in [0.2, 0.25) is 6.79 Å². The molecule has 0 saturated carbocycles. The topological polar surface area (TPSA) is 18.5 Å². The summed E-state index contributed by atoms with van der Waals surface area (Å²) in [5.41, 5.74) is 7.96. The van der Waals surface area contributed by atoms with Crippen LogP contribution >= 0.6 is 0 Å². The first-order valence-corrected chi connectivity index (χ1v) is 7.24. The van der Waals surface area contributed by atoms with E-state index in [-0.39, 0.29) is 5.41 Å². The van der Waals surface area contributed by atoms with E-state index in [1.54, 1.807) is 0 Å². The van der Waals surface area contributed by atoms with Gasteiger partial charge in [0.05, 0.1) is 0 Å². The highest BCUT2D eigenvalue weighted by Crippen LogP contribution is 2.45. The summed E-state index contributed by atoms with van der Waals surface area (Å²) < 4.78 is 11.3. The van der Waals surface area contributed by atoms with Gasteiger partial charge in [-0.05, 0) is 62.3 Å². The third-order valence-electron chi connectivity index (χ3n) is 4.67. The molecule has 1 heterocycles. The second-order valence-electron chi connectivity index (χ2n) is 6.81. The highest BCUT2D eigenvalue weighted by atomic mass is 16.7. The Labute approximate surface area is 122 Å². The smallest absolute Gasteiger partial charge is 0.231 e. The molecule has 1 aliphatic rings. The molecule has 2 nitrogen and oxygen atoms in total. The van der Waals surface area contributed by atoms with Crippen molar-refractivity contribution in [2.24, 2.45) is 5.41 Å². The molecule has 0 aromatic heterocycles. The molecule has 0 saturated heterocycles. The molecule has 0 radical (unpaired) electrons. The zero-order valence-electron chi connectivity index (χ0n) is 14.0. The third-order valence-corrected chi connectivity index (χ3v) is 4.67. The summed E-state index contributed by atoms with van der Waals surface area (Å²) in [5, 5.41) is 0. The molecule has 20 heavy (non-hydrogen) atoms. The Hall–Kier alpha value is -1.44. The van der Waals surface area contributed by atoms with Crippen LogP contribution in [-0.4, -0.2) is 6.79 Å². The van der Waals surface area contributed by atoms with Crippen molar-refractivity contribution in [2.75, 3.05) is 6.79 Å². The van der Waals surface area contributed by atoms with E-state index < -0.39 is 0 Å². The number of ether oxygens (including phenoxy) is 2. The lowest BCUT2D eigenvalue weighted by molar-refractivity contribution is 0.173. The minimum absolute atomic E-state index is 0.174. The lowest BCUT2D eigenvalue weighted by atomic mass is 9.80. The largest absolute Gasteiger partial charge is 0.453 e. The SMILES string of the molecule is C/C(=C(/C)C(C)(C)C)c1c(C)c(C)c2c(c1C)OCO2. The summed E-state index contributed by atoms with van der Waals surface area (Å²) in [7, 11) is 0. The van der Waals surface area contributed by atoms with E-state index in [0.29, 0.717) is 6.79 Å². The van der Waals surface area contributed by atoms with Gasteiger partial charge in [-0.1, -0.05) is 26.3 Å². The normalized spacial score (nSPS) is 15.4. The van der Waals surface area contributed by atoms with Crippen molar-refractivity contribution in [1.29, 1.82) is 0 Å². The standard InChI is InChI=1S/C18H26O2/c1-10-11(2)16-17(20-9-19-16)13(4)15(10)12(3)14(5)18(6,7)8/h9H2,1-8H3/b14-12+. The van der Waals surface area contributed by atoms with Crippen molar-refractivity contribution in [3.8, 4) is 11.5 Å². The van der Waals surface area contributed by atoms with Gasteiger partial charge in [-0.15, -0.1) is 0 Å². The van der Waals surface area contributed by atoms with Gasteiger partial charge in [-0.2, -0.15) is 0 Å². The summed E-state index contributed by atoms with van der Waals surface area (Å²) in [4.78, 5) is 0. The van der Waals surface area contributed by atoms with Gasteiger partial charge in [0.15, 0.2) is 11.5 Å². The number of allylic oxidation sites excluding steroid dienone is 2. The Morgan fingerprint density at radius 3 is 1.85 bits per heavy atom. The first-order valence-electron chi connectivity index (χ1n) is 7.24. The van der Waals surface area contributed by atoms with Crippen LogP contribution in [0.2, 0.25) is 0 Å². The monoisotopic (exact) mass is 274 g/mol. The molecule has 1 aliphatic heterocycles. The van der Waals surface area contributed by atoms with Crippen LogP contribution < -0.4 is 9.47 Å². The predicted octanol–water partition coefficient (Wildman–Crippen LogP) is 5.18. The van der Waals surface area contributed by atoms with Crippen LogP contribution in [0.15, 0.2) is 5.57 Å². The van der Waals surface area contributed by atoms with E-state index in [1.165, 1.54) is 33.4 Å². The highest BCUT2D eigenvalue weighted by molar-refractivity contribution is 5.77. The highest BCUT2D eigenvalue weighted by Gasteiger charge is 2.26. The Bertz CT molecular complexity index is 587. The zero-order valence-corrected chi connectivity index (χ0v) is 14.0. The van der Waals surface area contributed by atoms with Gasteiger partial charge in [-0.25, -0.2) is 0 Å². The Morgan fingerprint density at radius 1 is 0.850 bits per heavy atom. The van der Waals surface area contributed by atoms with E-state index in [4.69, 9.17) is 9.47 Å². The van der Waals surface area contributed by atoms with Crippen LogP contribution in [0.1, 0.15) is 56.9 Å².